The monoisotopic (exact) mass is 337 g/mol. The fourth-order valence-corrected chi connectivity index (χ4v) is 3.07. The molecule has 5 heteroatoms. The van der Waals surface area contributed by atoms with Gasteiger partial charge in [-0.25, -0.2) is 0 Å². The zero-order chi connectivity index (χ0) is 17.8. The van der Waals surface area contributed by atoms with Gasteiger partial charge in [-0.05, 0) is 31.0 Å². The first-order valence-electron chi connectivity index (χ1n) is 8.52. The molecule has 1 aliphatic rings. The number of nitrogens with one attached hydrogen (secondary N) is 1. The summed E-state index contributed by atoms with van der Waals surface area (Å²) in [5.74, 6) is -0.258. The molecule has 2 unspecified atom stereocenters. The van der Waals surface area contributed by atoms with Gasteiger partial charge in [0.05, 0.1) is 0 Å². The molecule has 5 nitrogen and oxygen atoms in total. The molecule has 1 aliphatic heterocycles. The van der Waals surface area contributed by atoms with Crippen molar-refractivity contribution in [1.82, 2.24) is 5.32 Å². The Hall–Kier alpha value is -2.66. The standard InChI is InChI=1S/C20H23N3O2/c1-14-7-9-16(10-8-14)23-12-11-18(20(23)25)22-19(24)13-17(21)15-5-3-2-4-6-15/h2-10,17-18H,11-13,21H2,1H3,(H,22,24). The number of carbonyl (C=O) groups excluding carboxylic acids is 2. The van der Waals surface area contributed by atoms with Crippen molar-refractivity contribution in [3.8, 4) is 0 Å². The van der Waals surface area contributed by atoms with E-state index in [1.165, 1.54) is 0 Å². The summed E-state index contributed by atoms with van der Waals surface area (Å²) in [4.78, 5) is 26.5. The Kier molecular flexibility index (Phi) is 5.14. The first-order valence-corrected chi connectivity index (χ1v) is 8.52. The lowest BCUT2D eigenvalue weighted by atomic mass is 10.0. The number of amides is 2. The van der Waals surface area contributed by atoms with E-state index in [1.54, 1.807) is 4.90 Å². The van der Waals surface area contributed by atoms with Gasteiger partial charge in [-0.2, -0.15) is 0 Å². The summed E-state index contributed by atoms with van der Waals surface area (Å²) in [6.07, 6.45) is 0.775. The van der Waals surface area contributed by atoms with Gasteiger partial charge in [-0.1, -0.05) is 48.0 Å². The van der Waals surface area contributed by atoms with E-state index in [2.05, 4.69) is 5.32 Å². The van der Waals surface area contributed by atoms with E-state index in [1.807, 2.05) is 61.5 Å². The van der Waals surface area contributed by atoms with Crippen molar-refractivity contribution in [3.05, 3.63) is 65.7 Å². The van der Waals surface area contributed by atoms with Crippen molar-refractivity contribution >= 4 is 17.5 Å². The molecule has 130 valence electrons. The van der Waals surface area contributed by atoms with Crippen LogP contribution in [0.5, 0.6) is 0 Å². The van der Waals surface area contributed by atoms with Crippen LogP contribution in [-0.2, 0) is 9.59 Å². The van der Waals surface area contributed by atoms with Crippen molar-refractivity contribution in [1.29, 1.82) is 0 Å². The Balaban J connectivity index is 1.57. The average Bonchev–Trinajstić information content (AvgIpc) is 2.97. The SMILES string of the molecule is Cc1ccc(N2CCC(NC(=O)CC(N)c3ccccc3)C2=O)cc1. The van der Waals surface area contributed by atoms with Crippen LogP contribution in [0.2, 0.25) is 0 Å². The Morgan fingerprint density at radius 1 is 1.20 bits per heavy atom. The maximum atomic E-state index is 12.6. The number of anilines is 1. The molecule has 2 amide bonds. The van der Waals surface area contributed by atoms with Gasteiger partial charge in [0.25, 0.3) is 0 Å². The number of nitrogens with two attached hydrogens (primary N) is 1. The fraction of sp³-hybridized carbons (Fsp3) is 0.300. The van der Waals surface area contributed by atoms with Crippen molar-refractivity contribution < 1.29 is 9.59 Å². The molecule has 1 saturated heterocycles. The van der Waals surface area contributed by atoms with Gasteiger partial charge in [0, 0.05) is 24.7 Å². The predicted molar refractivity (Wildman–Crippen MR) is 98.1 cm³/mol. The molecule has 1 fully saturated rings. The maximum absolute atomic E-state index is 12.6. The average molecular weight is 337 g/mol. The van der Waals surface area contributed by atoms with Crippen LogP contribution >= 0.6 is 0 Å². The minimum Gasteiger partial charge on any atom is -0.344 e. The summed E-state index contributed by atoms with van der Waals surface area (Å²) in [5, 5.41) is 2.83. The van der Waals surface area contributed by atoms with Crippen LogP contribution in [0.25, 0.3) is 0 Å². The number of benzene rings is 2. The maximum Gasteiger partial charge on any atom is 0.249 e. The summed E-state index contributed by atoms with van der Waals surface area (Å²) >= 11 is 0. The van der Waals surface area contributed by atoms with Gasteiger partial charge in [-0.3, -0.25) is 9.59 Å². The van der Waals surface area contributed by atoms with Gasteiger partial charge in [0.15, 0.2) is 0 Å². The van der Waals surface area contributed by atoms with Gasteiger partial charge in [0.2, 0.25) is 11.8 Å². The lowest BCUT2D eigenvalue weighted by Gasteiger charge is -2.18. The zero-order valence-electron chi connectivity index (χ0n) is 14.3. The highest BCUT2D eigenvalue weighted by Gasteiger charge is 2.33. The summed E-state index contributed by atoms with van der Waals surface area (Å²) in [6.45, 7) is 2.62. The third kappa shape index (κ3) is 4.06. The lowest BCUT2D eigenvalue weighted by molar-refractivity contribution is -0.126. The second-order valence-corrected chi connectivity index (χ2v) is 6.46. The topological polar surface area (TPSA) is 75.4 Å². The van der Waals surface area contributed by atoms with Gasteiger partial charge >= 0.3 is 0 Å². The van der Waals surface area contributed by atoms with Crippen LogP contribution in [0.1, 0.15) is 30.0 Å². The van der Waals surface area contributed by atoms with Crippen LogP contribution < -0.4 is 16.0 Å². The molecule has 0 radical (unpaired) electrons. The Labute approximate surface area is 147 Å². The second kappa shape index (κ2) is 7.49. The van der Waals surface area contributed by atoms with E-state index >= 15 is 0 Å². The normalized spacial score (nSPS) is 18.2. The molecule has 0 bridgehead atoms. The zero-order valence-corrected chi connectivity index (χ0v) is 14.3. The van der Waals surface area contributed by atoms with Crippen LogP contribution in [0.3, 0.4) is 0 Å². The third-order valence-electron chi connectivity index (χ3n) is 4.52. The fourth-order valence-electron chi connectivity index (χ4n) is 3.07. The van der Waals surface area contributed by atoms with Crippen molar-refractivity contribution in [2.45, 2.75) is 31.8 Å². The highest BCUT2D eigenvalue weighted by Crippen LogP contribution is 2.22. The van der Waals surface area contributed by atoms with E-state index in [9.17, 15) is 9.59 Å². The summed E-state index contributed by atoms with van der Waals surface area (Å²) in [7, 11) is 0. The van der Waals surface area contributed by atoms with Gasteiger partial charge in [0.1, 0.15) is 6.04 Å². The van der Waals surface area contributed by atoms with Crippen molar-refractivity contribution in [2.75, 3.05) is 11.4 Å². The van der Waals surface area contributed by atoms with Gasteiger partial charge in [-0.15, -0.1) is 0 Å². The van der Waals surface area contributed by atoms with Gasteiger partial charge < -0.3 is 16.0 Å². The molecule has 0 saturated carbocycles. The largest absolute Gasteiger partial charge is 0.344 e. The van der Waals surface area contributed by atoms with E-state index in [0.29, 0.717) is 13.0 Å². The van der Waals surface area contributed by atoms with E-state index in [0.717, 1.165) is 16.8 Å². The molecule has 2 atom stereocenters. The van der Waals surface area contributed by atoms with Crippen LogP contribution in [-0.4, -0.2) is 24.4 Å². The molecule has 25 heavy (non-hydrogen) atoms. The van der Waals surface area contributed by atoms with Crippen LogP contribution in [0.15, 0.2) is 54.6 Å². The van der Waals surface area contributed by atoms with E-state index in [-0.39, 0.29) is 24.3 Å². The lowest BCUT2D eigenvalue weighted by Crippen LogP contribution is -2.42. The first kappa shape index (κ1) is 17.2. The summed E-state index contributed by atoms with van der Waals surface area (Å²) in [6, 6.07) is 16.5. The second-order valence-electron chi connectivity index (χ2n) is 6.46. The quantitative estimate of drug-likeness (QED) is 0.879. The number of aryl methyl sites for hydroxylation is 1. The van der Waals surface area contributed by atoms with Crippen molar-refractivity contribution in [2.24, 2.45) is 5.73 Å². The highest BCUT2D eigenvalue weighted by atomic mass is 16.2. The highest BCUT2D eigenvalue weighted by molar-refractivity contribution is 6.01. The molecular formula is C20H23N3O2. The summed E-state index contributed by atoms with van der Waals surface area (Å²) in [5.41, 5.74) is 9.01. The first-order chi connectivity index (χ1) is 12.0. The Morgan fingerprint density at radius 2 is 1.88 bits per heavy atom. The van der Waals surface area contributed by atoms with Crippen LogP contribution in [0, 0.1) is 6.92 Å². The molecule has 3 rings (SSSR count). The minimum atomic E-state index is -0.475. The number of rotatable bonds is 5. The van der Waals surface area contributed by atoms with Crippen molar-refractivity contribution in [3.63, 3.8) is 0 Å². The van der Waals surface area contributed by atoms with Crippen LogP contribution in [0.4, 0.5) is 5.69 Å². The Bertz CT molecular complexity index is 743. The number of carbonyl (C=O) groups is 2. The molecule has 3 N–H and O–H groups in total. The van der Waals surface area contributed by atoms with E-state index < -0.39 is 6.04 Å². The Morgan fingerprint density at radius 3 is 2.56 bits per heavy atom. The van der Waals surface area contributed by atoms with E-state index in [4.69, 9.17) is 5.73 Å². The molecule has 0 aliphatic carbocycles. The smallest absolute Gasteiger partial charge is 0.249 e. The number of nitrogens with zero attached hydrogens (tertiary/aromatic N) is 1. The molecular weight excluding hydrogens is 314 g/mol. The summed E-state index contributed by atoms with van der Waals surface area (Å²) < 4.78 is 0. The molecule has 1 heterocycles. The molecule has 0 spiro atoms. The number of hydrogen-bond donors (Lipinski definition) is 2. The number of hydrogen-bond acceptors (Lipinski definition) is 3. The minimum absolute atomic E-state index is 0.0644. The molecule has 2 aromatic carbocycles. The third-order valence-corrected chi connectivity index (χ3v) is 4.52. The molecule has 2 aromatic rings. The molecule has 0 aromatic heterocycles. The predicted octanol–water partition coefficient (Wildman–Crippen LogP) is 2.31.